The Kier molecular flexibility index (Phi) is 7.81. The minimum Gasteiger partial charge on any atom is -0.357 e. The van der Waals surface area contributed by atoms with Crippen LogP contribution in [0.2, 0.25) is 0 Å². The highest BCUT2D eigenvalue weighted by Gasteiger charge is 2.10. The molecule has 162 valence electrons. The van der Waals surface area contributed by atoms with Gasteiger partial charge in [-0.25, -0.2) is 4.98 Å². The maximum absolute atomic E-state index is 11.8. The molecule has 7 nitrogen and oxygen atoms in total. The minimum atomic E-state index is -0.0771. The third-order valence-electron chi connectivity index (χ3n) is 4.87. The molecule has 0 atom stereocenters. The van der Waals surface area contributed by atoms with E-state index in [1.807, 2.05) is 55.7 Å². The number of nitrogens with one attached hydrogen (secondary N) is 3. The predicted molar refractivity (Wildman–Crippen MR) is 125 cm³/mol. The van der Waals surface area contributed by atoms with Gasteiger partial charge in [0.2, 0.25) is 0 Å². The molecule has 0 aliphatic heterocycles. The van der Waals surface area contributed by atoms with E-state index in [1.54, 1.807) is 7.05 Å². The first kappa shape index (κ1) is 22.1. The molecule has 0 unspecified atom stereocenters. The monoisotopic (exact) mass is 418 g/mol. The van der Waals surface area contributed by atoms with E-state index in [0.29, 0.717) is 18.7 Å². The van der Waals surface area contributed by atoms with Crippen LogP contribution in [0.1, 0.15) is 28.7 Å². The first-order valence-electron chi connectivity index (χ1n) is 10.5. The van der Waals surface area contributed by atoms with Gasteiger partial charge in [0.05, 0.1) is 18.4 Å². The lowest BCUT2D eigenvalue weighted by Gasteiger charge is -2.21. The molecule has 1 aromatic heterocycles. The van der Waals surface area contributed by atoms with Gasteiger partial charge >= 0.3 is 0 Å². The molecule has 0 radical (unpaired) electrons. The van der Waals surface area contributed by atoms with E-state index < -0.39 is 0 Å². The predicted octanol–water partition coefficient (Wildman–Crippen LogP) is 3.08. The fraction of sp³-hybridized carbons (Fsp3) is 0.292. The van der Waals surface area contributed by atoms with E-state index in [9.17, 15) is 4.79 Å². The summed E-state index contributed by atoms with van der Waals surface area (Å²) in [6.45, 7) is 4.07. The number of hydrogen-bond acceptors (Lipinski definition) is 3. The molecular formula is C24H30N6O. The van der Waals surface area contributed by atoms with Crippen molar-refractivity contribution < 1.29 is 4.79 Å². The van der Waals surface area contributed by atoms with Gasteiger partial charge in [-0.2, -0.15) is 0 Å². The number of H-pyrrole nitrogens is 1. The Balaban J connectivity index is 1.62. The number of nitrogens with zero attached hydrogens (tertiary/aromatic N) is 3. The lowest BCUT2D eigenvalue weighted by molar-refractivity contribution is 0.0963. The highest BCUT2D eigenvalue weighted by molar-refractivity contribution is 5.94. The van der Waals surface area contributed by atoms with Gasteiger partial charge in [-0.05, 0) is 36.6 Å². The Morgan fingerprint density at radius 1 is 1.16 bits per heavy atom. The third kappa shape index (κ3) is 6.18. The van der Waals surface area contributed by atoms with Crippen molar-refractivity contribution in [1.82, 2.24) is 25.5 Å². The molecule has 3 rings (SSSR count). The first-order valence-corrected chi connectivity index (χ1v) is 10.5. The van der Waals surface area contributed by atoms with Crippen molar-refractivity contribution in [2.24, 2.45) is 4.99 Å². The molecular weight excluding hydrogens is 388 g/mol. The zero-order chi connectivity index (χ0) is 22.1. The molecule has 31 heavy (non-hydrogen) atoms. The summed E-state index contributed by atoms with van der Waals surface area (Å²) in [5.74, 6) is 1.62. The van der Waals surface area contributed by atoms with Crippen molar-refractivity contribution in [3.8, 4) is 11.3 Å². The summed E-state index contributed by atoms with van der Waals surface area (Å²) in [6, 6.07) is 17.8. The fourth-order valence-electron chi connectivity index (χ4n) is 3.28. The number of hydrogen-bond donors (Lipinski definition) is 3. The molecule has 0 bridgehead atoms. The Labute approximate surface area is 183 Å². The Hall–Kier alpha value is -3.61. The number of aromatic nitrogens is 2. The van der Waals surface area contributed by atoms with Crippen molar-refractivity contribution in [3.63, 3.8) is 0 Å². The number of aromatic amines is 1. The molecule has 0 fully saturated rings. The SMILES string of the molecule is CCNC(=NCCc1cccc(C(=O)NC)c1)N(C)Cc1ncc(-c2ccccc2)[nH]1. The van der Waals surface area contributed by atoms with Crippen LogP contribution in [0.3, 0.4) is 0 Å². The zero-order valence-corrected chi connectivity index (χ0v) is 18.4. The summed E-state index contributed by atoms with van der Waals surface area (Å²) in [5, 5.41) is 5.99. The number of aliphatic imine (C=N–C) groups is 1. The smallest absolute Gasteiger partial charge is 0.251 e. The second-order valence-corrected chi connectivity index (χ2v) is 7.23. The maximum atomic E-state index is 11.8. The average molecular weight is 419 g/mol. The number of amides is 1. The standard InChI is InChI=1S/C24H30N6O/c1-4-26-24(27-14-13-18-9-8-12-20(15-18)23(31)25-2)30(3)17-22-28-16-21(29-22)19-10-6-5-7-11-19/h5-12,15-16H,4,13-14,17H2,1-3H3,(H,25,31)(H,26,27)(H,28,29). The van der Waals surface area contributed by atoms with Crippen molar-refractivity contribution >= 4 is 11.9 Å². The van der Waals surface area contributed by atoms with Crippen LogP contribution in [0, 0.1) is 0 Å². The van der Waals surface area contributed by atoms with Crippen LogP contribution < -0.4 is 10.6 Å². The van der Waals surface area contributed by atoms with Gasteiger partial charge < -0.3 is 20.5 Å². The maximum Gasteiger partial charge on any atom is 0.251 e. The van der Waals surface area contributed by atoms with Crippen LogP contribution in [0.15, 0.2) is 65.8 Å². The van der Waals surface area contributed by atoms with Crippen LogP contribution in [0.25, 0.3) is 11.3 Å². The van der Waals surface area contributed by atoms with Crippen molar-refractivity contribution in [2.45, 2.75) is 19.9 Å². The Morgan fingerprint density at radius 2 is 1.97 bits per heavy atom. The zero-order valence-electron chi connectivity index (χ0n) is 18.4. The van der Waals surface area contributed by atoms with E-state index in [0.717, 1.165) is 41.6 Å². The van der Waals surface area contributed by atoms with Crippen LogP contribution >= 0.6 is 0 Å². The summed E-state index contributed by atoms with van der Waals surface area (Å²) in [4.78, 5) is 26.5. The number of benzene rings is 2. The van der Waals surface area contributed by atoms with Gasteiger partial charge in [-0.15, -0.1) is 0 Å². The number of guanidine groups is 1. The molecule has 0 aliphatic rings. The molecule has 0 aliphatic carbocycles. The Morgan fingerprint density at radius 3 is 2.71 bits per heavy atom. The molecule has 1 amide bonds. The van der Waals surface area contributed by atoms with E-state index in [2.05, 4.69) is 44.6 Å². The largest absolute Gasteiger partial charge is 0.357 e. The normalized spacial score (nSPS) is 11.3. The number of carbonyl (C=O) groups excluding carboxylic acids is 1. The lowest BCUT2D eigenvalue weighted by atomic mass is 10.1. The minimum absolute atomic E-state index is 0.0771. The van der Waals surface area contributed by atoms with Crippen molar-refractivity contribution in [2.75, 3.05) is 27.2 Å². The second-order valence-electron chi connectivity index (χ2n) is 7.23. The second kappa shape index (κ2) is 11.0. The van der Waals surface area contributed by atoms with Crippen LogP contribution in [0.5, 0.6) is 0 Å². The topological polar surface area (TPSA) is 85.4 Å². The molecule has 0 saturated heterocycles. The molecule has 3 N–H and O–H groups in total. The van der Waals surface area contributed by atoms with Crippen LogP contribution in [-0.4, -0.2) is 53.9 Å². The summed E-state index contributed by atoms with van der Waals surface area (Å²) < 4.78 is 0. The molecule has 0 spiro atoms. The highest BCUT2D eigenvalue weighted by Crippen LogP contribution is 2.16. The van der Waals surface area contributed by atoms with E-state index >= 15 is 0 Å². The van der Waals surface area contributed by atoms with Gasteiger partial charge in [0, 0.05) is 32.7 Å². The summed E-state index contributed by atoms with van der Waals surface area (Å²) in [5.41, 5.74) is 3.87. The van der Waals surface area contributed by atoms with Crippen LogP contribution in [0.4, 0.5) is 0 Å². The molecule has 2 aromatic carbocycles. The van der Waals surface area contributed by atoms with Gasteiger partial charge in [0.1, 0.15) is 5.82 Å². The average Bonchev–Trinajstić information content (AvgIpc) is 3.27. The van der Waals surface area contributed by atoms with E-state index in [-0.39, 0.29) is 5.91 Å². The van der Waals surface area contributed by atoms with E-state index in [4.69, 9.17) is 4.99 Å². The number of imidazole rings is 1. The van der Waals surface area contributed by atoms with Gasteiger partial charge in [-0.1, -0.05) is 42.5 Å². The van der Waals surface area contributed by atoms with Gasteiger partial charge in [0.15, 0.2) is 5.96 Å². The van der Waals surface area contributed by atoms with Crippen molar-refractivity contribution in [3.05, 3.63) is 77.7 Å². The molecule has 7 heteroatoms. The van der Waals surface area contributed by atoms with Crippen molar-refractivity contribution in [1.29, 1.82) is 0 Å². The number of rotatable bonds is 8. The molecule has 0 saturated carbocycles. The van der Waals surface area contributed by atoms with E-state index in [1.165, 1.54) is 0 Å². The fourth-order valence-corrected chi connectivity index (χ4v) is 3.28. The summed E-state index contributed by atoms with van der Waals surface area (Å²) in [7, 11) is 3.64. The quantitative estimate of drug-likeness (QED) is 0.388. The van der Waals surface area contributed by atoms with Gasteiger partial charge in [-0.3, -0.25) is 9.79 Å². The summed E-state index contributed by atoms with van der Waals surface area (Å²) in [6.07, 6.45) is 2.62. The number of carbonyl (C=O) groups is 1. The van der Waals surface area contributed by atoms with Gasteiger partial charge in [0.25, 0.3) is 5.91 Å². The Bertz CT molecular complexity index is 1010. The van der Waals surface area contributed by atoms with Crippen LogP contribution in [-0.2, 0) is 13.0 Å². The summed E-state index contributed by atoms with van der Waals surface area (Å²) >= 11 is 0. The molecule has 3 aromatic rings. The first-order chi connectivity index (χ1) is 15.1. The third-order valence-corrected chi connectivity index (χ3v) is 4.87. The highest BCUT2D eigenvalue weighted by atomic mass is 16.1. The molecule has 1 heterocycles. The lowest BCUT2D eigenvalue weighted by Crippen LogP contribution is -2.38.